The van der Waals surface area contributed by atoms with Crippen LogP contribution < -0.4 is 5.32 Å². The molecule has 4 rings (SSSR count). The van der Waals surface area contributed by atoms with Gasteiger partial charge in [-0.2, -0.15) is 5.10 Å². The highest BCUT2D eigenvalue weighted by molar-refractivity contribution is 5.90. The van der Waals surface area contributed by atoms with Gasteiger partial charge in [-0.3, -0.25) is 19.5 Å². The van der Waals surface area contributed by atoms with Gasteiger partial charge in [0.2, 0.25) is 0 Å². The lowest BCUT2D eigenvalue weighted by molar-refractivity contribution is -0.0581. The van der Waals surface area contributed by atoms with Crippen molar-refractivity contribution in [2.45, 2.75) is 12.1 Å². The van der Waals surface area contributed by atoms with Gasteiger partial charge in [-0.25, -0.2) is 0 Å². The van der Waals surface area contributed by atoms with E-state index in [1.165, 1.54) is 0 Å². The summed E-state index contributed by atoms with van der Waals surface area (Å²) in [4.78, 5) is 10.9. The second kappa shape index (κ2) is 6.78. The summed E-state index contributed by atoms with van der Waals surface area (Å²) in [6, 6.07) is 6.13. The van der Waals surface area contributed by atoms with Gasteiger partial charge in [0, 0.05) is 56.0 Å². The van der Waals surface area contributed by atoms with Crippen LogP contribution in [0.15, 0.2) is 43.0 Å². The number of anilines is 1. The van der Waals surface area contributed by atoms with Crippen molar-refractivity contribution >= 4 is 16.6 Å². The van der Waals surface area contributed by atoms with Crippen molar-refractivity contribution in [1.29, 1.82) is 0 Å². The number of hydrogen-bond acceptors (Lipinski definition) is 6. The Balaban J connectivity index is 1.57. The Bertz CT molecular complexity index is 858. The molecule has 2 atom stereocenters. The van der Waals surface area contributed by atoms with Gasteiger partial charge in [-0.1, -0.05) is 0 Å². The molecule has 0 unspecified atom stereocenters. The van der Waals surface area contributed by atoms with E-state index in [4.69, 9.17) is 4.74 Å². The molecule has 1 saturated heterocycles. The van der Waals surface area contributed by atoms with Gasteiger partial charge < -0.3 is 10.1 Å². The van der Waals surface area contributed by atoms with Crippen LogP contribution in [-0.2, 0) is 11.8 Å². The minimum absolute atomic E-state index is 0.0361. The molecule has 0 spiro atoms. The summed E-state index contributed by atoms with van der Waals surface area (Å²) < 4.78 is 8.02. The van der Waals surface area contributed by atoms with E-state index in [0.717, 1.165) is 35.4 Å². The quantitative estimate of drug-likeness (QED) is 0.783. The monoisotopic (exact) mass is 338 g/mol. The molecule has 3 aromatic rings. The number of nitrogens with zero attached hydrogens (tertiary/aromatic N) is 5. The molecular formula is C18H22N6O. The van der Waals surface area contributed by atoms with Crippen molar-refractivity contribution in [1.82, 2.24) is 24.6 Å². The Morgan fingerprint density at radius 1 is 1.20 bits per heavy atom. The fraction of sp³-hybridized carbons (Fsp3) is 0.389. The zero-order chi connectivity index (χ0) is 17.2. The summed E-state index contributed by atoms with van der Waals surface area (Å²) in [5.41, 5.74) is 3.12. The molecule has 1 N–H and O–H groups in total. The summed E-state index contributed by atoms with van der Waals surface area (Å²) in [6.45, 7) is 2.35. The Morgan fingerprint density at radius 3 is 2.96 bits per heavy atom. The molecule has 0 radical (unpaired) electrons. The third kappa shape index (κ3) is 3.08. The van der Waals surface area contributed by atoms with Crippen LogP contribution >= 0.6 is 0 Å². The van der Waals surface area contributed by atoms with Gasteiger partial charge in [0.25, 0.3) is 0 Å². The smallest absolute Gasteiger partial charge is 0.0959 e. The Hall–Kier alpha value is -2.51. The molecule has 0 aliphatic carbocycles. The zero-order valence-corrected chi connectivity index (χ0v) is 14.5. The van der Waals surface area contributed by atoms with Crippen LogP contribution in [0.3, 0.4) is 0 Å². The maximum Gasteiger partial charge on any atom is 0.0959 e. The van der Waals surface area contributed by atoms with Crippen LogP contribution in [0.2, 0.25) is 0 Å². The SMILES string of the molecule is CN1CCO[C@@H](CNc2ccnc3ccncc23)[C@@H]1c1ccnn1C. The molecule has 0 aromatic carbocycles. The summed E-state index contributed by atoms with van der Waals surface area (Å²) in [6.07, 6.45) is 7.30. The highest BCUT2D eigenvalue weighted by atomic mass is 16.5. The molecule has 0 saturated carbocycles. The lowest BCUT2D eigenvalue weighted by atomic mass is 10.0. The van der Waals surface area contributed by atoms with E-state index in [-0.39, 0.29) is 12.1 Å². The van der Waals surface area contributed by atoms with Gasteiger partial charge in [0.15, 0.2) is 0 Å². The van der Waals surface area contributed by atoms with Gasteiger partial charge in [-0.15, -0.1) is 0 Å². The number of aromatic nitrogens is 4. The predicted octanol–water partition coefficient (Wildman–Crippen LogP) is 1.85. The number of morpholine rings is 1. The molecule has 130 valence electrons. The van der Waals surface area contributed by atoms with Gasteiger partial charge in [-0.05, 0) is 25.2 Å². The topological polar surface area (TPSA) is 68.1 Å². The van der Waals surface area contributed by atoms with Gasteiger partial charge in [0.05, 0.1) is 30.0 Å². The first kappa shape index (κ1) is 16.0. The fourth-order valence-electron chi connectivity index (χ4n) is 3.48. The van der Waals surface area contributed by atoms with Crippen molar-refractivity contribution in [3.8, 4) is 0 Å². The van der Waals surface area contributed by atoms with Crippen molar-refractivity contribution < 1.29 is 4.74 Å². The molecule has 0 bridgehead atoms. The lowest BCUT2D eigenvalue weighted by Gasteiger charge is -2.39. The van der Waals surface area contributed by atoms with E-state index in [1.54, 1.807) is 6.20 Å². The highest BCUT2D eigenvalue weighted by Gasteiger charge is 2.33. The van der Waals surface area contributed by atoms with Crippen molar-refractivity contribution in [3.63, 3.8) is 0 Å². The number of rotatable bonds is 4. The predicted molar refractivity (Wildman–Crippen MR) is 96.3 cm³/mol. The third-order valence-corrected chi connectivity index (χ3v) is 4.80. The second-order valence-electron chi connectivity index (χ2n) is 6.35. The molecular weight excluding hydrogens is 316 g/mol. The molecule has 7 nitrogen and oxygen atoms in total. The van der Waals surface area contributed by atoms with Crippen LogP contribution in [0.5, 0.6) is 0 Å². The molecule has 0 amide bonds. The number of likely N-dealkylation sites (N-methyl/N-ethyl adjacent to an activating group) is 1. The first-order chi connectivity index (χ1) is 12.2. The van der Waals surface area contributed by atoms with Crippen molar-refractivity contribution in [2.75, 3.05) is 32.1 Å². The normalized spacial score (nSPS) is 21.5. The summed E-state index contributed by atoms with van der Waals surface area (Å²) in [7, 11) is 4.11. The number of hydrogen-bond donors (Lipinski definition) is 1. The first-order valence-electron chi connectivity index (χ1n) is 8.46. The average Bonchev–Trinajstić information content (AvgIpc) is 3.05. The van der Waals surface area contributed by atoms with E-state index in [0.29, 0.717) is 6.54 Å². The van der Waals surface area contributed by atoms with Gasteiger partial charge >= 0.3 is 0 Å². The number of aryl methyl sites for hydroxylation is 1. The van der Waals surface area contributed by atoms with Crippen LogP contribution in [0, 0.1) is 0 Å². The second-order valence-corrected chi connectivity index (χ2v) is 6.35. The van der Waals surface area contributed by atoms with Crippen LogP contribution in [0.25, 0.3) is 10.9 Å². The minimum Gasteiger partial charge on any atom is -0.382 e. The van der Waals surface area contributed by atoms with Crippen molar-refractivity contribution in [2.24, 2.45) is 7.05 Å². The van der Waals surface area contributed by atoms with Crippen LogP contribution in [0.1, 0.15) is 11.7 Å². The lowest BCUT2D eigenvalue weighted by Crippen LogP contribution is -2.46. The van der Waals surface area contributed by atoms with Crippen molar-refractivity contribution in [3.05, 3.63) is 48.7 Å². The zero-order valence-electron chi connectivity index (χ0n) is 14.5. The minimum atomic E-state index is 0.0361. The molecule has 4 heterocycles. The summed E-state index contributed by atoms with van der Waals surface area (Å²) >= 11 is 0. The maximum atomic E-state index is 6.10. The largest absolute Gasteiger partial charge is 0.382 e. The number of pyridine rings is 2. The Kier molecular flexibility index (Phi) is 4.33. The van der Waals surface area contributed by atoms with E-state index in [2.05, 4.69) is 38.4 Å². The molecule has 25 heavy (non-hydrogen) atoms. The Morgan fingerprint density at radius 2 is 2.12 bits per heavy atom. The molecule has 1 aliphatic heterocycles. The first-order valence-corrected chi connectivity index (χ1v) is 8.46. The molecule has 3 aromatic heterocycles. The summed E-state index contributed by atoms with van der Waals surface area (Å²) in [5, 5.41) is 8.87. The van der Waals surface area contributed by atoms with E-state index >= 15 is 0 Å². The van der Waals surface area contributed by atoms with E-state index in [9.17, 15) is 0 Å². The Labute approximate surface area is 146 Å². The molecule has 1 fully saturated rings. The highest BCUT2D eigenvalue weighted by Crippen LogP contribution is 2.29. The maximum absolute atomic E-state index is 6.10. The van der Waals surface area contributed by atoms with Crippen LogP contribution in [-0.4, -0.2) is 57.5 Å². The molecule has 7 heteroatoms. The average molecular weight is 338 g/mol. The number of ether oxygens (including phenoxy) is 1. The summed E-state index contributed by atoms with van der Waals surface area (Å²) in [5.74, 6) is 0. The standard InChI is InChI=1S/C18H22N6O/c1-23-9-10-25-17(18(23)16-5-8-22-24(16)2)12-21-15-4-7-20-14-3-6-19-11-13(14)15/h3-8,11,17-18H,9-10,12H2,1-2H3,(H,20,21)/t17-,18-/m0/s1. The van der Waals surface area contributed by atoms with Crippen LogP contribution in [0.4, 0.5) is 5.69 Å². The van der Waals surface area contributed by atoms with E-state index < -0.39 is 0 Å². The number of fused-ring (bicyclic) bond motifs is 1. The van der Waals surface area contributed by atoms with Gasteiger partial charge in [0.1, 0.15) is 0 Å². The number of nitrogens with one attached hydrogen (secondary N) is 1. The molecule has 1 aliphatic rings. The third-order valence-electron chi connectivity index (χ3n) is 4.80. The fourth-order valence-corrected chi connectivity index (χ4v) is 3.48. The van der Waals surface area contributed by atoms with E-state index in [1.807, 2.05) is 42.5 Å².